The fourth-order valence-corrected chi connectivity index (χ4v) is 5.58. The SMILES string of the molecule is CC1(C)c2ncncc2-n2c3ccc(-c4ccccc4)cc3c3cc(-c4ccccc4)cc1c32. The molecule has 0 N–H and O–H groups in total. The average Bonchev–Trinajstić information content (AvgIpc) is 3.22. The van der Waals surface area contributed by atoms with Gasteiger partial charge < -0.3 is 4.57 Å². The normalized spacial score (nSPS) is 13.8. The molecule has 0 spiro atoms. The number of hydrogen-bond acceptors (Lipinski definition) is 2. The van der Waals surface area contributed by atoms with E-state index in [-0.39, 0.29) is 5.41 Å². The maximum absolute atomic E-state index is 4.78. The summed E-state index contributed by atoms with van der Waals surface area (Å²) < 4.78 is 2.37. The molecule has 0 amide bonds. The quantitative estimate of drug-likeness (QED) is 0.280. The van der Waals surface area contributed by atoms with E-state index in [0.717, 1.165) is 11.4 Å². The van der Waals surface area contributed by atoms with Crippen LogP contribution in [0.4, 0.5) is 0 Å². The Hall–Kier alpha value is -4.24. The number of rotatable bonds is 2. The Morgan fingerprint density at radius 1 is 0.676 bits per heavy atom. The summed E-state index contributed by atoms with van der Waals surface area (Å²) in [5.74, 6) is 0. The van der Waals surface area contributed by atoms with Gasteiger partial charge in [0.25, 0.3) is 0 Å². The lowest BCUT2D eigenvalue weighted by Gasteiger charge is -2.33. The second-order valence-corrected chi connectivity index (χ2v) is 9.60. The van der Waals surface area contributed by atoms with Gasteiger partial charge in [-0.1, -0.05) is 66.7 Å². The highest BCUT2D eigenvalue weighted by atomic mass is 15.0. The van der Waals surface area contributed by atoms with E-state index in [1.54, 1.807) is 6.33 Å². The van der Waals surface area contributed by atoms with Crippen LogP contribution in [-0.4, -0.2) is 14.5 Å². The zero-order valence-corrected chi connectivity index (χ0v) is 19.2. The van der Waals surface area contributed by atoms with Gasteiger partial charge in [0, 0.05) is 16.2 Å². The monoisotopic (exact) mass is 437 g/mol. The first-order chi connectivity index (χ1) is 16.6. The molecule has 4 aromatic carbocycles. The van der Waals surface area contributed by atoms with Gasteiger partial charge in [-0.05, 0) is 65.9 Å². The van der Waals surface area contributed by atoms with Crippen LogP contribution in [-0.2, 0) is 5.41 Å². The summed E-state index contributed by atoms with van der Waals surface area (Å²) in [6, 6.07) is 32.8. The number of benzene rings is 4. The summed E-state index contributed by atoms with van der Waals surface area (Å²) >= 11 is 0. The standard InChI is InChI=1S/C31H23N3/c1-31(2)26-17-23(21-11-7-4-8-12-21)16-25-24-15-22(20-9-5-3-6-10-20)13-14-27(24)34(29(25)26)28-18-32-19-33-30(28)31/h3-19H,1-2H3. The van der Waals surface area contributed by atoms with Crippen LogP contribution in [0, 0.1) is 0 Å². The number of aromatic nitrogens is 3. The van der Waals surface area contributed by atoms with E-state index >= 15 is 0 Å². The third-order valence-electron chi connectivity index (χ3n) is 7.27. The largest absolute Gasteiger partial charge is 0.306 e. The van der Waals surface area contributed by atoms with Gasteiger partial charge in [-0.25, -0.2) is 9.97 Å². The molecule has 0 saturated carbocycles. The Labute approximate surface area is 198 Å². The highest BCUT2D eigenvalue weighted by Gasteiger charge is 2.37. The van der Waals surface area contributed by atoms with Crippen molar-refractivity contribution in [2.45, 2.75) is 19.3 Å². The van der Waals surface area contributed by atoms with Gasteiger partial charge in [0.15, 0.2) is 0 Å². The molecule has 0 unspecified atom stereocenters. The van der Waals surface area contributed by atoms with Gasteiger partial charge in [-0.3, -0.25) is 0 Å². The predicted molar refractivity (Wildman–Crippen MR) is 139 cm³/mol. The Balaban J connectivity index is 1.65. The van der Waals surface area contributed by atoms with Crippen LogP contribution >= 0.6 is 0 Å². The van der Waals surface area contributed by atoms with Crippen LogP contribution in [0.2, 0.25) is 0 Å². The van der Waals surface area contributed by atoms with Gasteiger partial charge in [0.2, 0.25) is 0 Å². The van der Waals surface area contributed by atoms with Crippen LogP contribution < -0.4 is 0 Å². The van der Waals surface area contributed by atoms with Crippen LogP contribution in [0.25, 0.3) is 49.7 Å². The molecule has 0 radical (unpaired) electrons. The fourth-order valence-electron chi connectivity index (χ4n) is 5.58. The summed E-state index contributed by atoms with van der Waals surface area (Å²) in [4.78, 5) is 9.19. The molecular weight excluding hydrogens is 414 g/mol. The van der Waals surface area contributed by atoms with Crippen molar-refractivity contribution >= 4 is 21.8 Å². The summed E-state index contributed by atoms with van der Waals surface area (Å²) in [6.45, 7) is 4.55. The first-order valence-corrected chi connectivity index (χ1v) is 11.7. The molecule has 1 aliphatic heterocycles. The highest BCUT2D eigenvalue weighted by Crippen LogP contribution is 2.48. The van der Waals surface area contributed by atoms with E-state index in [0.29, 0.717) is 0 Å². The molecule has 34 heavy (non-hydrogen) atoms. The van der Waals surface area contributed by atoms with Gasteiger partial charge >= 0.3 is 0 Å². The second kappa shape index (κ2) is 6.88. The Kier molecular flexibility index (Phi) is 3.89. The maximum Gasteiger partial charge on any atom is 0.115 e. The first-order valence-electron chi connectivity index (χ1n) is 11.7. The maximum atomic E-state index is 4.78. The van der Waals surface area contributed by atoms with E-state index in [4.69, 9.17) is 4.98 Å². The molecule has 6 aromatic rings. The molecule has 3 heterocycles. The van der Waals surface area contributed by atoms with E-state index in [9.17, 15) is 0 Å². The van der Waals surface area contributed by atoms with E-state index in [1.807, 2.05) is 6.20 Å². The van der Waals surface area contributed by atoms with Gasteiger partial charge in [-0.2, -0.15) is 0 Å². The zero-order valence-electron chi connectivity index (χ0n) is 19.2. The molecule has 0 saturated heterocycles. The smallest absolute Gasteiger partial charge is 0.115 e. The molecular formula is C31H23N3. The Morgan fingerprint density at radius 2 is 1.35 bits per heavy atom. The van der Waals surface area contributed by atoms with Crippen LogP contribution in [0.5, 0.6) is 0 Å². The summed E-state index contributed by atoms with van der Waals surface area (Å²) in [7, 11) is 0. The topological polar surface area (TPSA) is 30.7 Å². The van der Waals surface area contributed by atoms with Crippen LogP contribution in [0.15, 0.2) is 104 Å². The molecule has 2 aromatic heterocycles. The predicted octanol–water partition coefficient (Wildman–Crippen LogP) is 7.55. The van der Waals surface area contributed by atoms with E-state index in [1.165, 1.54) is 49.6 Å². The van der Waals surface area contributed by atoms with Gasteiger partial charge in [0.05, 0.1) is 28.6 Å². The molecule has 0 aliphatic carbocycles. The third kappa shape index (κ3) is 2.58. The van der Waals surface area contributed by atoms with Crippen molar-refractivity contribution < 1.29 is 0 Å². The van der Waals surface area contributed by atoms with Crippen molar-refractivity contribution in [2.24, 2.45) is 0 Å². The minimum atomic E-state index is -0.242. The molecule has 1 aliphatic rings. The molecule has 3 nitrogen and oxygen atoms in total. The lowest BCUT2D eigenvalue weighted by Crippen LogP contribution is -2.28. The second-order valence-electron chi connectivity index (χ2n) is 9.60. The van der Waals surface area contributed by atoms with Crippen LogP contribution in [0.3, 0.4) is 0 Å². The van der Waals surface area contributed by atoms with Crippen molar-refractivity contribution in [1.82, 2.24) is 14.5 Å². The van der Waals surface area contributed by atoms with Crippen molar-refractivity contribution in [3.63, 3.8) is 0 Å². The summed E-state index contributed by atoms with van der Waals surface area (Å²) in [5, 5.41) is 2.52. The lowest BCUT2D eigenvalue weighted by molar-refractivity contribution is 0.602. The molecule has 3 heteroatoms. The minimum Gasteiger partial charge on any atom is -0.306 e. The molecule has 0 bridgehead atoms. The highest BCUT2D eigenvalue weighted by molar-refractivity contribution is 6.13. The van der Waals surface area contributed by atoms with Gasteiger partial charge in [0.1, 0.15) is 6.33 Å². The van der Waals surface area contributed by atoms with E-state index < -0.39 is 0 Å². The van der Waals surface area contributed by atoms with E-state index in [2.05, 4.69) is 114 Å². The number of fused-ring (bicyclic) bond motifs is 5. The van der Waals surface area contributed by atoms with Crippen molar-refractivity contribution in [2.75, 3.05) is 0 Å². The number of hydrogen-bond donors (Lipinski definition) is 0. The number of nitrogens with zero attached hydrogens (tertiary/aromatic N) is 3. The molecule has 0 atom stereocenters. The zero-order chi connectivity index (χ0) is 22.9. The third-order valence-corrected chi connectivity index (χ3v) is 7.27. The summed E-state index contributed by atoms with van der Waals surface area (Å²) in [5.41, 5.74) is 10.5. The van der Waals surface area contributed by atoms with Crippen molar-refractivity contribution in [3.05, 3.63) is 115 Å². The fraction of sp³-hybridized carbons (Fsp3) is 0.0968. The Morgan fingerprint density at radius 3 is 2.09 bits per heavy atom. The molecule has 162 valence electrons. The van der Waals surface area contributed by atoms with Crippen LogP contribution in [0.1, 0.15) is 25.1 Å². The molecule has 0 fully saturated rings. The minimum absolute atomic E-state index is 0.242. The average molecular weight is 438 g/mol. The Bertz CT molecular complexity index is 1710. The molecule has 7 rings (SSSR count). The first kappa shape index (κ1) is 19.2. The van der Waals surface area contributed by atoms with Crippen molar-refractivity contribution in [1.29, 1.82) is 0 Å². The van der Waals surface area contributed by atoms with Crippen molar-refractivity contribution in [3.8, 4) is 27.9 Å². The van der Waals surface area contributed by atoms with Gasteiger partial charge in [-0.15, -0.1) is 0 Å². The summed E-state index contributed by atoms with van der Waals surface area (Å²) in [6.07, 6.45) is 3.63. The lowest BCUT2D eigenvalue weighted by atomic mass is 9.76.